The van der Waals surface area contributed by atoms with Gasteiger partial charge in [-0.3, -0.25) is 24.0 Å². The quantitative estimate of drug-likeness (QED) is 0.0326. The van der Waals surface area contributed by atoms with E-state index in [0.29, 0.717) is 17.5 Å². The zero-order chi connectivity index (χ0) is 64.0. The van der Waals surface area contributed by atoms with Crippen molar-refractivity contribution in [3.8, 4) is 0 Å². The molecule has 0 bridgehead atoms. The Balaban J connectivity index is 0.000000995. The number of halogens is 2. The van der Waals surface area contributed by atoms with Crippen molar-refractivity contribution in [1.29, 1.82) is 0 Å². The topological polar surface area (TPSA) is 194 Å². The number of aldehydes is 1. The third-order valence-corrected chi connectivity index (χ3v) is 21.9. The Hall–Kier alpha value is -3.75. The molecule has 85 heavy (non-hydrogen) atoms. The Bertz CT molecular complexity index is 2600. The van der Waals surface area contributed by atoms with Crippen LogP contribution >= 0.6 is 18.9 Å². The molecule has 12 nitrogen and oxygen atoms in total. The van der Waals surface area contributed by atoms with Gasteiger partial charge < -0.3 is 46.7 Å². The molecule has 0 aromatic heterocycles. The molecule has 10 unspecified atom stereocenters. The van der Waals surface area contributed by atoms with Crippen LogP contribution in [0.1, 0.15) is 118 Å². The van der Waals surface area contributed by atoms with Gasteiger partial charge in [-0.1, -0.05) is 192 Å². The molecule has 8 rings (SSSR count). The number of rotatable bonds is 14. The van der Waals surface area contributed by atoms with Crippen LogP contribution in [0.3, 0.4) is 0 Å². The third kappa shape index (κ3) is 21.5. The van der Waals surface area contributed by atoms with Crippen molar-refractivity contribution in [2.45, 2.75) is 123 Å². The fourth-order valence-electron chi connectivity index (χ4n) is 11.2. The Morgan fingerprint density at radius 1 is 0.518 bits per heavy atom. The summed E-state index contributed by atoms with van der Waals surface area (Å²) in [6.07, 6.45) is 8.64. The molecule has 0 saturated heterocycles. The summed E-state index contributed by atoms with van der Waals surface area (Å²) in [4.78, 5) is 65.0. The maximum Gasteiger partial charge on any atom is 1.00 e. The van der Waals surface area contributed by atoms with Gasteiger partial charge in [0, 0.05) is 5.92 Å². The van der Waals surface area contributed by atoms with Crippen molar-refractivity contribution in [3.05, 3.63) is 140 Å². The van der Waals surface area contributed by atoms with E-state index < -0.39 is 24.8 Å². The van der Waals surface area contributed by atoms with Gasteiger partial charge in [0.25, 0.3) is 0 Å². The summed E-state index contributed by atoms with van der Waals surface area (Å²) in [6.45, 7) is 40.4. The first-order valence-electron chi connectivity index (χ1n) is 28.3. The monoisotopic (exact) mass is 1260 g/mol. The van der Waals surface area contributed by atoms with Crippen LogP contribution < -0.4 is 84.8 Å². The van der Waals surface area contributed by atoms with Crippen LogP contribution in [0.5, 0.6) is 0 Å². The van der Waals surface area contributed by atoms with E-state index >= 15 is 0 Å². The number of hydrogen-bond acceptors (Lipinski definition) is 10. The Morgan fingerprint density at radius 3 is 0.941 bits per heavy atom. The van der Waals surface area contributed by atoms with Crippen molar-refractivity contribution >= 4 is 70.9 Å². The van der Waals surface area contributed by atoms with Crippen LogP contribution in [0, 0.1) is 86.3 Å². The SMILES string of the molecule is C=CC1C(C(=O)O)C1(C)C.C=CC1C(C(=O)OC)C1(C)C.CC(C)(C)[O-].CC(C)=CC1C(C(=O)O)C1(C)C.COC(=O)C1C(C=C(C)C)C1(C)C.COC(=O)C1C(C=O)C1(C)C.ClC[P+](c1ccccc1)(c1ccccc1)c1ccccc1.[Cl-].[K+]. The number of carbonyl (C=O) groups is 6. The second kappa shape index (κ2) is 33.7. The number of benzene rings is 3. The second-order valence-corrected chi connectivity index (χ2v) is 30.6. The smallest absolute Gasteiger partial charge is 1.00 e. The molecule has 0 aliphatic heterocycles. The van der Waals surface area contributed by atoms with Crippen LogP contribution in [0.2, 0.25) is 0 Å². The minimum Gasteiger partial charge on any atom is -1.00 e. The molecule has 5 fully saturated rings. The van der Waals surface area contributed by atoms with Gasteiger partial charge in [0.05, 0.1) is 50.9 Å². The summed E-state index contributed by atoms with van der Waals surface area (Å²) in [7, 11) is 2.46. The van der Waals surface area contributed by atoms with E-state index in [1.165, 1.54) is 48.4 Å². The average molecular weight is 1260 g/mol. The number of hydrogen-bond donors (Lipinski definition) is 2. The van der Waals surface area contributed by atoms with Crippen LogP contribution in [0.25, 0.3) is 0 Å². The molecule has 0 spiro atoms. The first kappa shape index (κ1) is 81.2. The number of carboxylic acids is 2. The van der Waals surface area contributed by atoms with Crippen LogP contribution in [-0.4, -0.2) is 78.9 Å². The van der Waals surface area contributed by atoms with Gasteiger partial charge in [0.2, 0.25) is 0 Å². The van der Waals surface area contributed by atoms with Crippen molar-refractivity contribution in [1.82, 2.24) is 0 Å². The first-order valence-corrected chi connectivity index (χ1v) is 30.8. The molecule has 3 aromatic carbocycles. The number of methoxy groups -OCH3 is 3. The zero-order valence-corrected chi connectivity index (χ0v) is 60.2. The molecule has 0 heterocycles. The van der Waals surface area contributed by atoms with Crippen LogP contribution in [0.15, 0.2) is 140 Å². The molecular formula is C69H98Cl2KO12P. The van der Waals surface area contributed by atoms with Crippen molar-refractivity contribution in [2.24, 2.45) is 86.3 Å². The minimum atomic E-state index is -1.77. The van der Waals surface area contributed by atoms with E-state index in [1.807, 2.05) is 61.5 Å². The largest absolute Gasteiger partial charge is 1.00 e. The Labute approximate surface area is 564 Å². The molecule has 0 radical (unpaired) electrons. The fraction of sp³-hybridized carbons (Fsp3) is 0.536. The van der Waals surface area contributed by atoms with Crippen molar-refractivity contribution in [2.75, 3.05) is 27.0 Å². The number of carboxylic acid groups (broad SMARTS) is 2. The van der Waals surface area contributed by atoms with Crippen molar-refractivity contribution in [3.63, 3.8) is 0 Å². The van der Waals surface area contributed by atoms with E-state index in [0.717, 1.165) is 6.29 Å². The molecule has 5 aliphatic carbocycles. The average Bonchev–Trinajstić information content (AvgIpc) is 4.30. The molecular weight excluding hydrogens is 1160 g/mol. The minimum absolute atomic E-state index is 0. The second-order valence-electron chi connectivity index (χ2n) is 26.5. The number of ether oxygens (including phenoxy) is 3. The summed E-state index contributed by atoms with van der Waals surface area (Å²) >= 11 is 6.58. The molecule has 16 heteroatoms. The summed E-state index contributed by atoms with van der Waals surface area (Å²) in [6, 6.07) is 32.0. The first-order chi connectivity index (χ1) is 38.3. The Morgan fingerprint density at radius 2 is 0.741 bits per heavy atom. The van der Waals surface area contributed by atoms with Crippen molar-refractivity contribution < 1.29 is 122 Å². The molecule has 2 N–H and O–H groups in total. The maximum absolute atomic E-state index is 11.3. The molecule has 0 amide bonds. The van der Waals surface area contributed by atoms with Gasteiger partial charge in [-0.15, -0.1) is 18.8 Å². The van der Waals surface area contributed by atoms with Gasteiger partial charge in [-0.2, -0.15) is 0 Å². The van der Waals surface area contributed by atoms with E-state index in [4.69, 9.17) is 26.6 Å². The Kier molecular flexibility index (Phi) is 32.2. The number of alkyl halides is 1. The molecule has 466 valence electrons. The van der Waals surface area contributed by atoms with E-state index in [2.05, 4.69) is 167 Å². The molecule has 5 aliphatic rings. The zero-order valence-electron chi connectivity index (χ0n) is 54.6. The van der Waals surface area contributed by atoms with E-state index in [-0.39, 0.29) is 156 Å². The summed E-state index contributed by atoms with van der Waals surface area (Å²) in [5.74, 6) is -1.39. The van der Waals surface area contributed by atoms with Gasteiger partial charge in [0.1, 0.15) is 35.1 Å². The summed E-state index contributed by atoms with van der Waals surface area (Å²) in [5.41, 5.74) is 2.21. The number of esters is 3. The number of carbonyl (C=O) groups excluding carboxylic acids is 4. The van der Waals surface area contributed by atoms with Gasteiger partial charge in [-0.05, 0) is 115 Å². The molecule has 10 atom stereocenters. The number of aliphatic carboxylic acids is 2. The van der Waals surface area contributed by atoms with E-state index in [9.17, 15) is 33.9 Å². The number of allylic oxidation sites excluding steroid dienone is 6. The maximum atomic E-state index is 11.3. The van der Waals surface area contributed by atoms with Crippen LogP contribution in [0.4, 0.5) is 0 Å². The van der Waals surface area contributed by atoms with Crippen LogP contribution in [-0.2, 0) is 43.0 Å². The molecule has 5 saturated carbocycles. The standard InChI is InChI=1S/C19H17ClP.C11H18O2.C10H16O2.C9H14O2.C8H12O3.C8H12O2.C4H9O.ClH.K/c20-16-21(17-10-4-1-5-11-17,18-12-6-2-7-13-18)19-14-8-3-9-15-19;1-7(2)6-8-9(10(12)13-5)11(8,3)4;1-6(2)5-7-8(9(11)12)10(7,3)4;1-5-6-7(8(10)11-4)9(6,2)3;1-8(2)5(4-9)6(8)7(10)11-3;1-4-5-6(7(9)10)8(5,2)3;1-4(2,3)5;;/h1-15H,16H2;6,8-9H,1-5H3;5,7-8H,1-4H3,(H,11,12);5-7H,1H2,2-4H3;4-6H,1-3H3;4-6H,1H2,2-3H3,(H,9,10);1-3H3;1H;/q+1;;;;;;-1;;+1/p-1. The van der Waals surface area contributed by atoms with Gasteiger partial charge in [0.15, 0.2) is 0 Å². The van der Waals surface area contributed by atoms with Gasteiger partial charge >= 0.3 is 81.2 Å². The summed E-state index contributed by atoms with van der Waals surface area (Å²) < 4.78 is 14.0. The summed E-state index contributed by atoms with van der Waals surface area (Å²) in [5, 5.41) is 31.6. The fourth-order valence-corrected chi connectivity index (χ4v) is 15.8. The normalized spacial score (nSPS) is 24.9. The van der Waals surface area contributed by atoms with E-state index in [1.54, 1.807) is 26.8 Å². The van der Waals surface area contributed by atoms with Gasteiger partial charge in [-0.25, -0.2) is 0 Å². The predicted molar refractivity (Wildman–Crippen MR) is 336 cm³/mol. The predicted octanol–water partition coefficient (Wildman–Crippen LogP) is 6.81. The third-order valence-electron chi connectivity index (χ3n) is 16.9. The molecule has 3 aromatic rings.